The van der Waals surface area contributed by atoms with Crippen molar-refractivity contribution in [3.8, 4) is 0 Å². The van der Waals surface area contributed by atoms with E-state index in [2.05, 4.69) is 20.5 Å². The number of amides is 1. The first kappa shape index (κ1) is 19.9. The van der Waals surface area contributed by atoms with Crippen LogP contribution >= 0.6 is 24.0 Å². The average molecular weight is 398 g/mol. The zero-order valence-electron chi connectivity index (χ0n) is 13.6. The van der Waals surface area contributed by atoms with Gasteiger partial charge in [0.2, 0.25) is 0 Å². The van der Waals surface area contributed by atoms with Crippen molar-refractivity contribution in [2.75, 3.05) is 36.4 Å². The van der Waals surface area contributed by atoms with Crippen LogP contribution in [0.4, 0.5) is 17.2 Å². The normalized spacial score (nSPS) is 13.7. The molecule has 2 N–H and O–H groups in total. The summed E-state index contributed by atoms with van der Waals surface area (Å²) in [4.78, 5) is 29.2. The van der Waals surface area contributed by atoms with Crippen molar-refractivity contribution in [3.63, 3.8) is 0 Å². The van der Waals surface area contributed by atoms with Gasteiger partial charge in [-0.1, -0.05) is 17.7 Å². The number of nitrogens with zero attached hydrogens (tertiary/aromatic N) is 3. The van der Waals surface area contributed by atoms with E-state index in [1.54, 1.807) is 12.3 Å². The van der Waals surface area contributed by atoms with Crippen molar-refractivity contribution in [2.45, 2.75) is 0 Å². The van der Waals surface area contributed by atoms with Gasteiger partial charge in [-0.05, 0) is 18.2 Å². The molecule has 26 heavy (non-hydrogen) atoms. The predicted molar refractivity (Wildman–Crippen MR) is 103 cm³/mol. The molecule has 0 bridgehead atoms. The molecule has 1 amide bonds. The van der Waals surface area contributed by atoms with Gasteiger partial charge < -0.3 is 15.5 Å². The molecule has 1 aromatic carbocycles. The van der Waals surface area contributed by atoms with E-state index >= 15 is 0 Å². The lowest BCUT2D eigenvalue weighted by atomic mass is 10.1. The second-order valence-corrected chi connectivity index (χ2v) is 5.89. The zero-order chi connectivity index (χ0) is 17.8. The SMILES string of the molecule is Cl.O=C(Nc1ccc(N2CCNCC2)cn1)c1c(Cl)cccc1[N+](=O)[O-]. The minimum absolute atomic E-state index is 0. The summed E-state index contributed by atoms with van der Waals surface area (Å²) >= 11 is 5.96. The van der Waals surface area contributed by atoms with E-state index in [0.29, 0.717) is 5.82 Å². The van der Waals surface area contributed by atoms with Crippen LogP contribution in [-0.4, -0.2) is 42.0 Å². The van der Waals surface area contributed by atoms with Gasteiger partial charge in [-0.15, -0.1) is 12.4 Å². The van der Waals surface area contributed by atoms with Gasteiger partial charge in [0.1, 0.15) is 11.4 Å². The molecule has 1 saturated heterocycles. The largest absolute Gasteiger partial charge is 0.368 e. The number of carbonyl (C=O) groups is 1. The van der Waals surface area contributed by atoms with Gasteiger partial charge in [0.05, 0.1) is 21.8 Å². The number of hydrogen-bond acceptors (Lipinski definition) is 6. The number of nitro groups is 1. The molecular formula is C16H17Cl2N5O3. The summed E-state index contributed by atoms with van der Waals surface area (Å²) in [5, 5.41) is 16.9. The fourth-order valence-corrected chi connectivity index (χ4v) is 2.89. The van der Waals surface area contributed by atoms with Crippen molar-refractivity contribution in [1.82, 2.24) is 10.3 Å². The van der Waals surface area contributed by atoms with Crippen LogP contribution in [0.5, 0.6) is 0 Å². The molecule has 0 aliphatic carbocycles. The Morgan fingerprint density at radius 2 is 2.00 bits per heavy atom. The average Bonchev–Trinajstić information content (AvgIpc) is 2.62. The summed E-state index contributed by atoms with van der Waals surface area (Å²) in [6.07, 6.45) is 1.67. The third-order valence-electron chi connectivity index (χ3n) is 3.89. The molecule has 0 unspecified atom stereocenters. The lowest BCUT2D eigenvalue weighted by Gasteiger charge is -2.29. The molecule has 0 radical (unpaired) electrons. The van der Waals surface area contributed by atoms with Gasteiger partial charge in [-0.25, -0.2) is 4.98 Å². The molecule has 2 aromatic rings. The lowest BCUT2D eigenvalue weighted by molar-refractivity contribution is -0.385. The third kappa shape index (κ3) is 4.40. The van der Waals surface area contributed by atoms with Crippen molar-refractivity contribution in [2.24, 2.45) is 0 Å². The van der Waals surface area contributed by atoms with Crippen LogP contribution in [0.2, 0.25) is 5.02 Å². The Morgan fingerprint density at radius 1 is 1.27 bits per heavy atom. The summed E-state index contributed by atoms with van der Waals surface area (Å²) in [6.45, 7) is 3.60. The van der Waals surface area contributed by atoms with Crippen LogP contribution in [0.15, 0.2) is 36.5 Å². The third-order valence-corrected chi connectivity index (χ3v) is 4.20. The van der Waals surface area contributed by atoms with Gasteiger partial charge in [0.25, 0.3) is 11.6 Å². The molecule has 10 heteroatoms. The molecule has 0 atom stereocenters. The number of pyridine rings is 1. The Balaban J connectivity index is 0.00000243. The minimum Gasteiger partial charge on any atom is -0.368 e. The molecule has 1 fully saturated rings. The van der Waals surface area contributed by atoms with Crippen LogP contribution in [0.25, 0.3) is 0 Å². The lowest BCUT2D eigenvalue weighted by Crippen LogP contribution is -2.43. The predicted octanol–water partition coefficient (Wildman–Crippen LogP) is 2.73. The quantitative estimate of drug-likeness (QED) is 0.607. The summed E-state index contributed by atoms with van der Waals surface area (Å²) in [7, 11) is 0. The number of nitrogens with one attached hydrogen (secondary N) is 2. The molecule has 138 valence electrons. The Kier molecular flexibility index (Phi) is 6.73. The molecule has 1 aliphatic rings. The van der Waals surface area contributed by atoms with Crippen LogP contribution < -0.4 is 15.5 Å². The highest BCUT2D eigenvalue weighted by Crippen LogP contribution is 2.27. The van der Waals surface area contributed by atoms with Gasteiger partial charge in [-0.2, -0.15) is 0 Å². The second kappa shape index (κ2) is 8.79. The Labute approximate surface area is 161 Å². The maximum absolute atomic E-state index is 12.4. The van der Waals surface area contributed by atoms with E-state index in [-0.39, 0.29) is 28.7 Å². The number of hydrogen-bond donors (Lipinski definition) is 2. The number of nitro benzene ring substituents is 1. The van der Waals surface area contributed by atoms with Crippen LogP contribution in [0, 0.1) is 10.1 Å². The highest BCUT2D eigenvalue weighted by molar-refractivity contribution is 6.35. The molecule has 8 nitrogen and oxygen atoms in total. The highest BCUT2D eigenvalue weighted by atomic mass is 35.5. The van der Waals surface area contributed by atoms with Gasteiger partial charge in [-0.3, -0.25) is 14.9 Å². The Morgan fingerprint density at radius 3 is 2.62 bits per heavy atom. The summed E-state index contributed by atoms with van der Waals surface area (Å²) in [5.74, 6) is -0.363. The van der Waals surface area contributed by atoms with Crippen LogP contribution in [0.3, 0.4) is 0 Å². The number of anilines is 2. The van der Waals surface area contributed by atoms with E-state index in [9.17, 15) is 14.9 Å². The molecule has 2 heterocycles. The second-order valence-electron chi connectivity index (χ2n) is 5.48. The fraction of sp³-hybridized carbons (Fsp3) is 0.250. The van der Waals surface area contributed by atoms with Crippen molar-refractivity contribution in [1.29, 1.82) is 0 Å². The van der Waals surface area contributed by atoms with Crippen LogP contribution in [0.1, 0.15) is 10.4 Å². The number of piperazine rings is 1. The Hall–Kier alpha value is -2.42. The molecule has 1 aromatic heterocycles. The summed E-state index contributed by atoms with van der Waals surface area (Å²) in [6, 6.07) is 7.62. The topological polar surface area (TPSA) is 100 Å². The standard InChI is InChI=1S/C16H16ClN5O3.ClH/c17-12-2-1-3-13(22(24)25)15(12)16(23)20-14-5-4-11(10-19-14)21-8-6-18-7-9-21;/h1-5,10,18H,6-9H2,(H,19,20,23);1H. The molecule has 1 aliphatic heterocycles. The minimum atomic E-state index is -0.667. The van der Waals surface area contributed by atoms with Crippen molar-refractivity contribution in [3.05, 3.63) is 57.2 Å². The van der Waals surface area contributed by atoms with Crippen molar-refractivity contribution < 1.29 is 9.72 Å². The number of aromatic nitrogens is 1. The molecule has 0 saturated carbocycles. The van der Waals surface area contributed by atoms with E-state index < -0.39 is 10.8 Å². The number of halogens is 2. The van der Waals surface area contributed by atoms with Crippen molar-refractivity contribution >= 4 is 47.1 Å². The molecule has 0 spiro atoms. The summed E-state index contributed by atoms with van der Waals surface area (Å²) in [5.41, 5.74) is 0.438. The van der Waals surface area contributed by atoms with Gasteiger partial charge in [0.15, 0.2) is 0 Å². The smallest absolute Gasteiger partial charge is 0.283 e. The number of benzene rings is 1. The first-order chi connectivity index (χ1) is 12.1. The van der Waals surface area contributed by atoms with Gasteiger partial charge in [0, 0.05) is 32.2 Å². The zero-order valence-corrected chi connectivity index (χ0v) is 15.2. The highest BCUT2D eigenvalue weighted by Gasteiger charge is 2.23. The number of carbonyl (C=O) groups excluding carboxylic acids is 1. The maximum atomic E-state index is 12.4. The molecular weight excluding hydrogens is 381 g/mol. The first-order valence-electron chi connectivity index (χ1n) is 7.72. The van der Waals surface area contributed by atoms with E-state index in [4.69, 9.17) is 11.6 Å². The van der Waals surface area contributed by atoms with Crippen LogP contribution in [-0.2, 0) is 0 Å². The summed E-state index contributed by atoms with van der Waals surface area (Å²) < 4.78 is 0. The molecule has 3 rings (SSSR count). The number of rotatable bonds is 4. The Bertz CT molecular complexity index is 795. The van der Waals surface area contributed by atoms with E-state index in [1.807, 2.05) is 6.07 Å². The first-order valence-corrected chi connectivity index (χ1v) is 8.10. The maximum Gasteiger partial charge on any atom is 0.283 e. The monoisotopic (exact) mass is 397 g/mol. The van der Waals surface area contributed by atoms with E-state index in [0.717, 1.165) is 31.9 Å². The fourth-order valence-electron chi connectivity index (χ4n) is 2.64. The van der Waals surface area contributed by atoms with Gasteiger partial charge >= 0.3 is 0 Å². The van der Waals surface area contributed by atoms with E-state index in [1.165, 1.54) is 18.2 Å².